The maximum atomic E-state index is 11.2. The van der Waals surface area contributed by atoms with Crippen molar-refractivity contribution >= 4 is 17.8 Å². The predicted molar refractivity (Wildman–Crippen MR) is 59.2 cm³/mol. The van der Waals surface area contributed by atoms with Crippen molar-refractivity contribution in [2.24, 2.45) is 0 Å². The van der Waals surface area contributed by atoms with Crippen molar-refractivity contribution in [2.45, 2.75) is 32.3 Å². The lowest BCUT2D eigenvalue weighted by Gasteiger charge is -2.21. The summed E-state index contributed by atoms with van der Waals surface area (Å²) >= 11 is 0. The van der Waals surface area contributed by atoms with Crippen LogP contribution in [0.2, 0.25) is 0 Å². The Morgan fingerprint density at radius 1 is 1.24 bits per heavy atom. The average Bonchev–Trinajstić information content (AvgIpc) is 2.12. The molecule has 0 heterocycles. The third kappa shape index (κ3) is 9.31. The van der Waals surface area contributed by atoms with Crippen LogP contribution in [0.25, 0.3) is 0 Å². The molecule has 1 atom stereocenters. The standard InChI is InChI=1S/C10H18N2O5/c1-7(13)11-4-3-8(14)12-6-10(2,17)5-9(15)16/h17H,3-6H2,1-2H3,(H,11,13)(H,12,14)(H,15,16). The zero-order chi connectivity index (χ0) is 13.5. The van der Waals surface area contributed by atoms with Gasteiger partial charge in [-0.3, -0.25) is 14.4 Å². The molecule has 17 heavy (non-hydrogen) atoms. The number of hydrogen-bond acceptors (Lipinski definition) is 4. The summed E-state index contributed by atoms with van der Waals surface area (Å²) in [6.07, 6.45) is -0.359. The molecule has 0 saturated carbocycles. The topological polar surface area (TPSA) is 116 Å². The second-order valence-electron chi connectivity index (χ2n) is 4.08. The van der Waals surface area contributed by atoms with E-state index in [4.69, 9.17) is 5.11 Å². The highest BCUT2D eigenvalue weighted by Crippen LogP contribution is 2.07. The van der Waals surface area contributed by atoms with Crippen LogP contribution in [0.15, 0.2) is 0 Å². The van der Waals surface area contributed by atoms with Crippen molar-refractivity contribution in [1.29, 1.82) is 0 Å². The van der Waals surface area contributed by atoms with Gasteiger partial charge in [0.25, 0.3) is 0 Å². The first-order valence-electron chi connectivity index (χ1n) is 5.18. The number of hydrogen-bond donors (Lipinski definition) is 4. The lowest BCUT2D eigenvalue weighted by molar-refractivity contribution is -0.142. The molecule has 0 spiro atoms. The molecule has 2 amide bonds. The smallest absolute Gasteiger partial charge is 0.306 e. The van der Waals surface area contributed by atoms with Crippen LogP contribution in [-0.4, -0.2) is 46.7 Å². The van der Waals surface area contributed by atoms with Crippen molar-refractivity contribution < 1.29 is 24.6 Å². The van der Waals surface area contributed by atoms with E-state index in [1.54, 1.807) is 0 Å². The third-order valence-corrected chi connectivity index (χ3v) is 1.92. The maximum Gasteiger partial charge on any atom is 0.306 e. The molecule has 0 fully saturated rings. The van der Waals surface area contributed by atoms with Crippen molar-refractivity contribution in [3.8, 4) is 0 Å². The number of aliphatic hydroxyl groups is 1. The number of rotatable bonds is 7. The normalized spacial score (nSPS) is 13.6. The number of carbonyl (C=O) groups is 3. The van der Waals surface area contributed by atoms with Gasteiger partial charge in [0.1, 0.15) is 0 Å². The predicted octanol–water partition coefficient (Wildman–Crippen LogP) is -1.15. The number of aliphatic carboxylic acids is 1. The maximum absolute atomic E-state index is 11.2. The Kier molecular flexibility index (Phi) is 6.19. The summed E-state index contributed by atoms with van der Waals surface area (Å²) < 4.78 is 0. The molecule has 7 nitrogen and oxygen atoms in total. The third-order valence-electron chi connectivity index (χ3n) is 1.92. The number of carboxylic acid groups (broad SMARTS) is 1. The van der Waals surface area contributed by atoms with E-state index in [1.807, 2.05) is 0 Å². The van der Waals surface area contributed by atoms with E-state index in [9.17, 15) is 19.5 Å². The van der Waals surface area contributed by atoms with E-state index < -0.39 is 18.0 Å². The fraction of sp³-hybridized carbons (Fsp3) is 0.700. The first-order chi connectivity index (χ1) is 7.73. The summed E-state index contributed by atoms with van der Waals surface area (Å²) in [6.45, 7) is 2.74. The van der Waals surface area contributed by atoms with Gasteiger partial charge < -0.3 is 20.8 Å². The van der Waals surface area contributed by atoms with Crippen LogP contribution in [0.3, 0.4) is 0 Å². The van der Waals surface area contributed by atoms with Gasteiger partial charge in [-0.25, -0.2) is 0 Å². The van der Waals surface area contributed by atoms with Gasteiger partial charge in [-0.1, -0.05) is 0 Å². The van der Waals surface area contributed by atoms with E-state index in [-0.39, 0.29) is 31.3 Å². The minimum atomic E-state index is -1.48. The van der Waals surface area contributed by atoms with Gasteiger partial charge in [0.05, 0.1) is 12.0 Å². The van der Waals surface area contributed by atoms with Gasteiger partial charge in [-0.15, -0.1) is 0 Å². The molecule has 0 aliphatic rings. The average molecular weight is 246 g/mol. The Labute approximate surface area is 99.2 Å². The molecule has 0 aliphatic carbocycles. The quantitative estimate of drug-likeness (QED) is 0.453. The first-order valence-corrected chi connectivity index (χ1v) is 5.18. The second kappa shape index (κ2) is 6.85. The van der Waals surface area contributed by atoms with Crippen molar-refractivity contribution in [3.63, 3.8) is 0 Å². The fourth-order valence-corrected chi connectivity index (χ4v) is 1.12. The lowest BCUT2D eigenvalue weighted by Crippen LogP contribution is -2.42. The second-order valence-corrected chi connectivity index (χ2v) is 4.08. The summed E-state index contributed by atoms with van der Waals surface area (Å²) in [6, 6.07) is 0. The van der Waals surface area contributed by atoms with E-state index in [1.165, 1.54) is 13.8 Å². The molecule has 0 rings (SSSR count). The van der Waals surface area contributed by atoms with Crippen LogP contribution in [0.1, 0.15) is 26.7 Å². The van der Waals surface area contributed by atoms with Gasteiger partial charge in [0.15, 0.2) is 0 Å². The highest BCUT2D eigenvalue weighted by Gasteiger charge is 2.24. The number of nitrogens with one attached hydrogen (secondary N) is 2. The Morgan fingerprint density at radius 3 is 2.29 bits per heavy atom. The van der Waals surface area contributed by atoms with Crippen molar-refractivity contribution in [3.05, 3.63) is 0 Å². The van der Waals surface area contributed by atoms with Crippen LogP contribution in [0.4, 0.5) is 0 Å². The van der Waals surface area contributed by atoms with E-state index in [0.29, 0.717) is 0 Å². The number of carbonyl (C=O) groups excluding carboxylic acids is 2. The van der Waals surface area contributed by atoms with Crippen LogP contribution in [0.5, 0.6) is 0 Å². The van der Waals surface area contributed by atoms with Gasteiger partial charge in [-0.05, 0) is 6.92 Å². The first kappa shape index (κ1) is 15.4. The molecule has 98 valence electrons. The van der Waals surface area contributed by atoms with Crippen molar-refractivity contribution in [1.82, 2.24) is 10.6 Å². The Balaban J connectivity index is 3.82. The minimum absolute atomic E-state index is 0.0860. The SMILES string of the molecule is CC(=O)NCCC(=O)NCC(C)(O)CC(=O)O. The van der Waals surface area contributed by atoms with Gasteiger partial charge in [0, 0.05) is 26.4 Å². The molecule has 7 heteroatoms. The van der Waals surface area contributed by atoms with Gasteiger partial charge in [-0.2, -0.15) is 0 Å². The number of carboxylic acids is 1. The monoisotopic (exact) mass is 246 g/mol. The summed E-state index contributed by atoms with van der Waals surface area (Å²) in [5.41, 5.74) is -1.48. The van der Waals surface area contributed by atoms with Crippen LogP contribution < -0.4 is 10.6 Å². The lowest BCUT2D eigenvalue weighted by atomic mass is 10.0. The zero-order valence-electron chi connectivity index (χ0n) is 9.95. The number of amides is 2. The van der Waals surface area contributed by atoms with E-state index in [0.717, 1.165) is 0 Å². The Bertz CT molecular complexity index is 301. The van der Waals surface area contributed by atoms with E-state index in [2.05, 4.69) is 10.6 Å². The largest absolute Gasteiger partial charge is 0.481 e. The highest BCUT2D eigenvalue weighted by atomic mass is 16.4. The Hall–Kier alpha value is -1.63. The minimum Gasteiger partial charge on any atom is -0.481 e. The molecule has 0 saturated heterocycles. The summed E-state index contributed by atoms with van der Waals surface area (Å²) in [7, 11) is 0. The molecule has 0 aliphatic heterocycles. The molecular formula is C10H18N2O5. The van der Waals surface area contributed by atoms with Gasteiger partial charge >= 0.3 is 5.97 Å². The van der Waals surface area contributed by atoms with Gasteiger partial charge in [0.2, 0.25) is 11.8 Å². The summed E-state index contributed by atoms with van der Waals surface area (Å²) in [4.78, 5) is 32.1. The van der Waals surface area contributed by atoms with Crippen LogP contribution in [0, 0.1) is 0 Å². The van der Waals surface area contributed by atoms with Crippen LogP contribution >= 0.6 is 0 Å². The van der Waals surface area contributed by atoms with Crippen LogP contribution in [-0.2, 0) is 14.4 Å². The molecule has 4 N–H and O–H groups in total. The molecule has 0 radical (unpaired) electrons. The highest BCUT2D eigenvalue weighted by molar-refractivity contribution is 5.78. The van der Waals surface area contributed by atoms with E-state index >= 15 is 0 Å². The van der Waals surface area contributed by atoms with Crippen molar-refractivity contribution in [2.75, 3.05) is 13.1 Å². The summed E-state index contributed by atoms with van der Waals surface area (Å²) in [5, 5.41) is 22.9. The molecule has 1 unspecified atom stereocenters. The molecule has 0 bridgehead atoms. The Morgan fingerprint density at radius 2 is 1.82 bits per heavy atom. The molecule has 0 aromatic carbocycles. The zero-order valence-corrected chi connectivity index (χ0v) is 9.95. The molecular weight excluding hydrogens is 228 g/mol. The molecule has 0 aromatic rings. The summed E-state index contributed by atoms with van der Waals surface area (Å²) in [5.74, 6) is -1.72. The molecule has 0 aromatic heterocycles. The fourth-order valence-electron chi connectivity index (χ4n) is 1.12.